The number of benzene rings is 2. The maximum absolute atomic E-state index is 12.4. The summed E-state index contributed by atoms with van der Waals surface area (Å²) in [6.07, 6.45) is -0.776. The van der Waals surface area contributed by atoms with Crippen molar-refractivity contribution in [1.29, 1.82) is 0 Å². The molecule has 0 fully saturated rings. The fourth-order valence-electron chi connectivity index (χ4n) is 4.26. The molecular formula is C26H27N3O6. The zero-order chi connectivity index (χ0) is 24.9. The number of anilines is 1. The highest BCUT2D eigenvalue weighted by molar-refractivity contribution is 5.93. The predicted molar refractivity (Wildman–Crippen MR) is 128 cm³/mol. The number of aliphatic carboxylic acids is 1. The number of carboxylic acids is 1. The maximum Gasteiger partial charge on any atom is 0.414 e. The summed E-state index contributed by atoms with van der Waals surface area (Å²) in [6, 6.07) is 17.4. The van der Waals surface area contributed by atoms with E-state index in [1.54, 1.807) is 0 Å². The molecule has 0 aliphatic heterocycles. The molecule has 3 N–H and O–H groups in total. The largest absolute Gasteiger partial charge is 0.481 e. The van der Waals surface area contributed by atoms with E-state index < -0.39 is 18.0 Å². The normalized spacial score (nSPS) is 13.1. The van der Waals surface area contributed by atoms with Crippen molar-refractivity contribution >= 4 is 23.9 Å². The van der Waals surface area contributed by atoms with Crippen LogP contribution >= 0.6 is 0 Å². The summed E-state index contributed by atoms with van der Waals surface area (Å²) in [5.74, 6) is -1.70. The zero-order valence-corrected chi connectivity index (χ0v) is 19.5. The molecule has 1 aliphatic rings. The summed E-state index contributed by atoms with van der Waals surface area (Å²) in [5, 5.41) is 17.8. The van der Waals surface area contributed by atoms with Gasteiger partial charge in [0.2, 0.25) is 5.88 Å². The lowest BCUT2D eigenvalue weighted by Crippen LogP contribution is -2.32. The van der Waals surface area contributed by atoms with Crippen molar-refractivity contribution in [1.82, 2.24) is 10.5 Å². The number of ether oxygens (including phenoxy) is 1. The monoisotopic (exact) mass is 477 g/mol. The molecule has 0 saturated heterocycles. The molecule has 2 aromatic carbocycles. The molecular weight excluding hydrogens is 450 g/mol. The Labute approximate surface area is 202 Å². The van der Waals surface area contributed by atoms with Crippen molar-refractivity contribution in [3.8, 4) is 11.1 Å². The van der Waals surface area contributed by atoms with Gasteiger partial charge >= 0.3 is 12.1 Å². The van der Waals surface area contributed by atoms with E-state index in [0.29, 0.717) is 0 Å². The van der Waals surface area contributed by atoms with Crippen molar-refractivity contribution in [2.75, 3.05) is 18.5 Å². The molecule has 1 heterocycles. The SMILES string of the molecule is CC(C)C(CNC(=O)c1cc(NC(=O)OCC2c3ccccc3-c3ccccc32)on1)CC(=O)O. The van der Waals surface area contributed by atoms with Crippen molar-refractivity contribution in [3.63, 3.8) is 0 Å². The average Bonchev–Trinajstić information content (AvgIpc) is 3.42. The molecule has 2 amide bonds. The molecule has 1 atom stereocenters. The van der Waals surface area contributed by atoms with Gasteiger partial charge in [0.1, 0.15) is 6.61 Å². The topological polar surface area (TPSA) is 131 Å². The number of carboxylic acid groups (broad SMARTS) is 1. The molecule has 0 bridgehead atoms. The molecule has 0 radical (unpaired) electrons. The Morgan fingerprint density at radius 3 is 2.29 bits per heavy atom. The van der Waals surface area contributed by atoms with E-state index >= 15 is 0 Å². The highest BCUT2D eigenvalue weighted by Crippen LogP contribution is 2.44. The second kappa shape index (κ2) is 10.4. The summed E-state index contributed by atoms with van der Waals surface area (Å²) in [7, 11) is 0. The molecule has 9 nitrogen and oxygen atoms in total. The number of fused-ring (bicyclic) bond motifs is 3. The van der Waals surface area contributed by atoms with Crippen LogP contribution in [-0.4, -0.2) is 41.4 Å². The van der Waals surface area contributed by atoms with Crippen LogP contribution in [-0.2, 0) is 9.53 Å². The Hall–Kier alpha value is -4.14. The van der Waals surface area contributed by atoms with E-state index in [4.69, 9.17) is 14.4 Å². The Bertz CT molecular complexity index is 1190. The van der Waals surface area contributed by atoms with Crippen molar-refractivity contribution in [2.45, 2.75) is 26.2 Å². The minimum Gasteiger partial charge on any atom is -0.481 e. The third-order valence-corrected chi connectivity index (χ3v) is 6.22. The second-order valence-corrected chi connectivity index (χ2v) is 8.84. The first kappa shape index (κ1) is 24.0. The summed E-state index contributed by atoms with van der Waals surface area (Å²) in [5.41, 5.74) is 4.43. The van der Waals surface area contributed by atoms with Gasteiger partial charge in [-0.2, -0.15) is 0 Å². The second-order valence-electron chi connectivity index (χ2n) is 8.84. The number of nitrogens with zero attached hydrogens (tertiary/aromatic N) is 1. The summed E-state index contributed by atoms with van der Waals surface area (Å²) in [6.45, 7) is 4.12. The van der Waals surface area contributed by atoms with Crippen LogP contribution in [0.2, 0.25) is 0 Å². The molecule has 0 saturated carbocycles. The highest BCUT2D eigenvalue weighted by atomic mass is 16.6. The third-order valence-electron chi connectivity index (χ3n) is 6.22. The fraction of sp³-hybridized carbons (Fsp3) is 0.308. The Balaban J connectivity index is 1.32. The van der Waals surface area contributed by atoms with E-state index in [9.17, 15) is 14.4 Å². The van der Waals surface area contributed by atoms with E-state index in [0.717, 1.165) is 22.3 Å². The van der Waals surface area contributed by atoms with E-state index in [-0.39, 0.29) is 48.9 Å². The first-order valence-corrected chi connectivity index (χ1v) is 11.4. The quantitative estimate of drug-likeness (QED) is 0.413. The first-order chi connectivity index (χ1) is 16.8. The number of carbonyl (C=O) groups excluding carboxylic acids is 2. The molecule has 182 valence electrons. The summed E-state index contributed by atoms with van der Waals surface area (Å²) >= 11 is 0. The number of hydrogen-bond acceptors (Lipinski definition) is 6. The average molecular weight is 478 g/mol. The molecule has 0 spiro atoms. The number of amides is 2. The van der Waals surface area contributed by atoms with Gasteiger partial charge in [-0.3, -0.25) is 14.9 Å². The van der Waals surface area contributed by atoms with Gasteiger partial charge in [0.05, 0.1) is 6.42 Å². The van der Waals surface area contributed by atoms with Crippen molar-refractivity contribution in [2.24, 2.45) is 11.8 Å². The molecule has 9 heteroatoms. The smallest absolute Gasteiger partial charge is 0.414 e. The molecule has 1 aliphatic carbocycles. The minimum absolute atomic E-state index is 0.0293. The maximum atomic E-state index is 12.4. The molecule has 1 unspecified atom stereocenters. The fourth-order valence-corrected chi connectivity index (χ4v) is 4.26. The van der Waals surface area contributed by atoms with Crippen LogP contribution in [0, 0.1) is 11.8 Å². The van der Waals surface area contributed by atoms with Gasteiger partial charge in [0.15, 0.2) is 5.69 Å². The van der Waals surface area contributed by atoms with Crippen LogP contribution in [0.1, 0.15) is 47.8 Å². The number of hydrogen-bond donors (Lipinski definition) is 3. The van der Waals surface area contributed by atoms with Crippen molar-refractivity contribution < 1.29 is 28.8 Å². The standard InChI is InChI=1S/C26H27N3O6/c1-15(2)16(11-24(30)31)13-27-25(32)22-12-23(35-29-22)28-26(33)34-14-21-19-9-5-3-7-17(19)18-8-4-6-10-20(18)21/h3-10,12,15-16,21H,11,13-14H2,1-2H3,(H,27,32)(H,28,33)(H,30,31). The molecule has 3 aromatic rings. The van der Waals surface area contributed by atoms with Gasteiger partial charge < -0.3 is 19.7 Å². The van der Waals surface area contributed by atoms with Crippen LogP contribution in [0.25, 0.3) is 11.1 Å². The van der Waals surface area contributed by atoms with Gasteiger partial charge in [-0.15, -0.1) is 0 Å². The molecule has 1 aromatic heterocycles. The van der Waals surface area contributed by atoms with Gasteiger partial charge in [0.25, 0.3) is 5.91 Å². The lowest BCUT2D eigenvalue weighted by Gasteiger charge is -2.18. The van der Waals surface area contributed by atoms with Gasteiger partial charge in [-0.25, -0.2) is 4.79 Å². The van der Waals surface area contributed by atoms with Gasteiger partial charge in [0, 0.05) is 18.5 Å². The van der Waals surface area contributed by atoms with E-state index in [1.165, 1.54) is 6.07 Å². The van der Waals surface area contributed by atoms with Crippen LogP contribution < -0.4 is 10.6 Å². The zero-order valence-electron chi connectivity index (χ0n) is 19.5. The minimum atomic E-state index is -0.922. The van der Waals surface area contributed by atoms with Crippen LogP contribution in [0.15, 0.2) is 59.1 Å². The summed E-state index contributed by atoms with van der Waals surface area (Å²) < 4.78 is 10.5. The number of aromatic nitrogens is 1. The van der Waals surface area contributed by atoms with Gasteiger partial charge in [-0.05, 0) is 34.1 Å². The van der Waals surface area contributed by atoms with Crippen molar-refractivity contribution in [3.05, 3.63) is 71.4 Å². The molecule has 35 heavy (non-hydrogen) atoms. The predicted octanol–water partition coefficient (Wildman–Crippen LogP) is 4.51. The number of nitrogens with one attached hydrogen (secondary N) is 2. The lowest BCUT2D eigenvalue weighted by molar-refractivity contribution is -0.138. The third kappa shape index (κ3) is 5.51. The first-order valence-electron chi connectivity index (χ1n) is 11.4. The van der Waals surface area contributed by atoms with E-state index in [2.05, 4.69) is 27.9 Å². The summed E-state index contributed by atoms with van der Waals surface area (Å²) in [4.78, 5) is 35.8. The Morgan fingerprint density at radius 2 is 1.69 bits per heavy atom. The Morgan fingerprint density at radius 1 is 1.06 bits per heavy atom. The van der Waals surface area contributed by atoms with E-state index in [1.807, 2.05) is 50.2 Å². The number of rotatable bonds is 9. The Kier molecular flexibility index (Phi) is 7.14. The number of carbonyl (C=O) groups is 3. The highest BCUT2D eigenvalue weighted by Gasteiger charge is 2.29. The molecule has 4 rings (SSSR count). The van der Waals surface area contributed by atoms with Crippen LogP contribution in [0.3, 0.4) is 0 Å². The van der Waals surface area contributed by atoms with Gasteiger partial charge in [-0.1, -0.05) is 67.5 Å². The lowest BCUT2D eigenvalue weighted by atomic mass is 9.92. The van der Waals surface area contributed by atoms with Crippen LogP contribution in [0.4, 0.5) is 10.7 Å². The van der Waals surface area contributed by atoms with Crippen LogP contribution in [0.5, 0.6) is 0 Å².